The van der Waals surface area contributed by atoms with Gasteiger partial charge in [-0.15, -0.1) is 0 Å². The van der Waals surface area contributed by atoms with Gasteiger partial charge < -0.3 is 9.47 Å². The molecule has 1 aliphatic carbocycles. The van der Waals surface area contributed by atoms with Gasteiger partial charge in [-0.25, -0.2) is 8.78 Å². The van der Waals surface area contributed by atoms with Crippen LogP contribution in [0, 0.1) is 28.9 Å². The molecular weight excluding hydrogens is 443 g/mol. The molecule has 0 unspecified atom stereocenters. The molecule has 1 aliphatic rings. The van der Waals surface area contributed by atoms with Crippen LogP contribution in [0.4, 0.5) is 22.0 Å². The number of alkyl halides is 3. The van der Waals surface area contributed by atoms with Crippen molar-refractivity contribution in [3.8, 4) is 11.5 Å². The molecule has 2 aromatic carbocycles. The zero-order chi connectivity index (χ0) is 23.0. The molecule has 0 bridgehead atoms. The van der Waals surface area contributed by atoms with Crippen molar-refractivity contribution in [2.45, 2.75) is 26.6 Å². The van der Waals surface area contributed by atoms with Crippen molar-refractivity contribution < 1.29 is 36.2 Å². The van der Waals surface area contributed by atoms with Gasteiger partial charge >= 0.3 is 12.1 Å². The van der Waals surface area contributed by atoms with Gasteiger partial charge in [0.05, 0.1) is 5.92 Å². The van der Waals surface area contributed by atoms with E-state index < -0.39 is 46.1 Å². The maximum Gasteiger partial charge on any atom is 0.426 e. The number of carbonyl (C=O) groups is 1. The molecule has 0 heterocycles. The number of esters is 1. The van der Waals surface area contributed by atoms with Gasteiger partial charge in [0.15, 0.2) is 11.6 Å². The van der Waals surface area contributed by atoms with E-state index >= 15 is 0 Å². The molecule has 0 N–H and O–H groups in total. The van der Waals surface area contributed by atoms with E-state index in [4.69, 9.17) is 21.1 Å². The molecule has 166 valence electrons. The van der Waals surface area contributed by atoms with Gasteiger partial charge in [0.1, 0.15) is 23.2 Å². The minimum Gasteiger partial charge on any atom is -0.461 e. The fraction of sp³-hybridized carbons (Fsp3) is 0.318. The first-order valence-corrected chi connectivity index (χ1v) is 9.60. The van der Waals surface area contributed by atoms with E-state index in [-0.39, 0.29) is 18.1 Å². The first kappa shape index (κ1) is 23.1. The predicted molar refractivity (Wildman–Crippen MR) is 103 cm³/mol. The molecule has 0 saturated heterocycles. The molecule has 0 spiro atoms. The van der Waals surface area contributed by atoms with Crippen molar-refractivity contribution in [1.82, 2.24) is 0 Å². The molecule has 0 amide bonds. The molecule has 1 fully saturated rings. The first-order valence-electron chi connectivity index (χ1n) is 9.22. The average molecular weight is 461 g/mol. The standard InChI is InChI=1S/C22H18ClF5O3/c1-21(2)15(10-18(23)22(26,27)28)19(21)20(29)30-11-12-6-7-16(25)17(8-12)31-14-5-3-4-13(24)9-14/h3-10,15,19H,11H2,1-2H3/b18-10-/t15-,19-/m0/s1. The number of benzene rings is 2. The summed E-state index contributed by atoms with van der Waals surface area (Å²) in [5, 5.41) is -1.28. The lowest BCUT2D eigenvalue weighted by molar-refractivity contribution is -0.147. The molecule has 9 heteroatoms. The molecule has 2 aromatic rings. The van der Waals surface area contributed by atoms with Gasteiger partial charge in [-0.2, -0.15) is 13.2 Å². The highest BCUT2D eigenvalue weighted by atomic mass is 35.5. The second kappa shape index (κ2) is 8.49. The fourth-order valence-electron chi connectivity index (χ4n) is 3.31. The van der Waals surface area contributed by atoms with E-state index in [0.29, 0.717) is 5.56 Å². The lowest BCUT2D eigenvalue weighted by Gasteiger charge is -2.10. The second-order valence-corrected chi connectivity index (χ2v) is 8.18. The van der Waals surface area contributed by atoms with E-state index in [1.807, 2.05) is 0 Å². The zero-order valence-corrected chi connectivity index (χ0v) is 17.2. The second-order valence-electron chi connectivity index (χ2n) is 7.77. The van der Waals surface area contributed by atoms with Crippen LogP contribution < -0.4 is 4.74 Å². The van der Waals surface area contributed by atoms with Crippen molar-refractivity contribution in [3.63, 3.8) is 0 Å². The van der Waals surface area contributed by atoms with Gasteiger partial charge in [-0.3, -0.25) is 4.79 Å². The first-order chi connectivity index (χ1) is 14.4. The van der Waals surface area contributed by atoms with Gasteiger partial charge in [-0.05, 0) is 41.2 Å². The highest BCUT2D eigenvalue weighted by molar-refractivity contribution is 6.30. The van der Waals surface area contributed by atoms with Crippen LogP contribution in [-0.2, 0) is 16.1 Å². The predicted octanol–water partition coefficient (Wildman–Crippen LogP) is 6.76. The Hall–Kier alpha value is -2.61. The van der Waals surface area contributed by atoms with Crippen molar-refractivity contribution in [1.29, 1.82) is 0 Å². The summed E-state index contributed by atoms with van der Waals surface area (Å²) in [7, 11) is 0. The maximum absolute atomic E-state index is 14.0. The highest BCUT2D eigenvalue weighted by Crippen LogP contribution is 2.60. The number of hydrogen-bond donors (Lipinski definition) is 0. The Morgan fingerprint density at radius 3 is 2.52 bits per heavy atom. The molecule has 31 heavy (non-hydrogen) atoms. The summed E-state index contributed by atoms with van der Waals surface area (Å²) in [6.07, 6.45) is -3.85. The topological polar surface area (TPSA) is 35.5 Å². The van der Waals surface area contributed by atoms with Gasteiger partial charge in [0.2, 0.25) is 0 Å². The summed E-state index contributed by atoms with van der Waals surface area (Å²) in [6, 6.07) is 8.92. The Kier molecular flexibility index (Phi) is 6.32. The Morgan fingerprint density at radius 2 is 1.87 bits per heavy atom. The molecule has 2 atom stereocenters. The zero-order valence-electron chi connectivity index (χ0n) is 16.5. The third-order valence-electron chi connectivity index (χ3n) is 5.16. The monoisotopic (exact) mass is 460 g/mol. The number of ether oxygens (including phenoxy) is 2. The highest BCUT2D eigenvalue weighted by Gasteiger charge is 2.62. The van der Waals surface area contributed by atoms with E-state index in [0.717, 1.165) is 18.2 Å². The summed E-state index contributed by atoms with van der Waals surface area (Å²) < 4.78 is 75.8. The minimum atomic E-state index is -4.68. The summed E-state index contributed by atoms with van der Waals surface area (Å²) in [5.41, 5.74) is -0.350. The lowest BCUT2D eigenvalue weighted by Crippen LogP contribution is -2.11. The Labute approximate surface area is 180 Å². The molecule has 1 saturated carbocycles. The fourth-order valence-corrected chi connectivity index (χ4v) is 3.44. The number of hydrogen-bond acceptors (Lipinski definition) is 3. The van der Waals surface area contributed by atoms with E-state index in [9.17, 15) is 26.7 Å². The van der Waals surface area contributed by atoms with Crippen LogP contribution in [0.15, 0.2) is 53.6 Å². The van der Waals surface area contributed by atoms with E-state index in [2.05, 4.69) is 0 Å². The maximum atomic E-state index is 14.0. The summed E-state index contributed by atoms with van der Waals surface area (Å²) in [6.45, 7) is 3.04. The van der Waals surface area contributed by atoms with Crippen LogP contribution in [0.25, 0.3) is 0 Å². The molecular formula is C22H18ClF5O3. The number of halogens is 6. The number of rotatable bonds is 6. The molecule has 0 radical (unpaired) electrons. The minimum absolute atomic E-state index is 0.0870. The quantitative estimate of drug-likeness (QED) is 0.353. The third-order valence-corrected chi connectivity index (χ3v) is 5.50. The van der Waals surface area contributed by atoms with Crippen molar-refractivity contribution in [2.75, 3.05) is 0 Å². The molecule has 0 aromatic heterocycles. The van der Waals surface area contributed by atoms with Gasteiger partial charge in [0, 0.05) is 6.07 Å². The Balaban J connectivity index is 1.65. The normalized spacial score (nSPS) is 20.3. The summed E-state index contributed by atoms with van der Waals surface area (Å²) in [4.78, 5) is 12.4. The van der Waals surface area contributed by atoms with E-state index in [1.165, 1.54) is 30.3 Å². The van der Waals surface area contributed by atoms with Gasteiger partial charge in [0.25, 0.3) is 0 Å². The molecule has 0 aliphatic heterocycles. The van der Waals surface area contributed by atoms with Crippen LogP contribution in [0.2, 0.25) is 0 Å². The Morgan fingerprint density at radius 1 is 1.16 bits per heavy atom. The van der Waals surface area contributed by atoms with Crippen molar-refractivity contribution >= 4 is 17.6 Å². The van der Waals surface area contributed by atoms with Crippen LogP contribution in [0.5, 0.6) is 11.5 Å². The Bertz CT molecular complexity index is 1020. The molecule has 3 rings (SSSR count). The van der Waals surface area contributed by atoms with Crippen LogP contribution in [-0.4, -0.2) is 12.1 Å². The largest absolute Gasteiger partial charge is 0.461 e. The van der Waals surface area contributed by atoms with Crippen LogP contribution in [0.3, 0.4) is 0 Å². The van der Waals surface area contributed by atoms with Crippen molar-refractivity contribution in [3.05, 3.63) is 70.8 Å². The van der Waals surface area contributed by atoms with Crippen LogP contribution in [0.1, 0.15) is 19.4 Å². The van der Waals surface area contributed by atoms with Crippen molar-refractivity contribution in [2.24, 2.45) is 17.3 Å². The number of carbonyl (C=O) groups excluding carboxylic acids is 1. The third kappa shape index (κ3) is 5.36. The number of allylic oxidation sites excluding steroid dienone is 2. The van der Waals surface area contributed by atoms with E-state index in [1.54, 1.807) is 13.8 Å². The average Bonchev–Trinajstić information content (AvgIpc) is 3.21. The van der Waals surface area contributed by atoms with Crippen LogP contribution >= 0.6 is 11.6 Å². The smallest absolute Gasteiger partial charge is 0.426 e. The van der Waals surface area contributed by atoms with Gasteiger partial charge in [-0.1, -0.05) is 43.7 Å². The lowest BCUT2D eigenvalue weighted by atomic mass is 10.1. The molecule has 3 nitrogen and oxygen atoms in total. The SMILES string of the molecule is CC1(C)[C@H](C(=O)OCc2ccc(F)c(Oc3cccc(F)c3)c2)[C@@H]1/C=C(\Cl)C(F)(F)F. The summed E-state index contributed by atoms with van der Waals surface area (Å²) >= 11 is 5.28. The summed E-state index contributed by atoms with van der Waals surface area (Å²) in [5.74, 6) is -3.54.